The van der Waals surface area contributed by atoms with Gasteiger partial charge in [0.2, 0.25) is 0 Å². The molecule has 1 saturated heterocycles. The molecule has 1 heterocycles. The molecule has 1 aliphatic heterocycles. The van der Waals surface area contributed by atoms with E-state index in [2.05, 4.69) is 4.74 Å². The summed E-state index contributed by atoms with van der Waals surface area (Å²) in [6, 6.07) is 0. The molecule has 1 rings (SSSR count). The molecule has 14 heavy (non-hydrogen) atoms. The molecule has 1 fully saturated rings. The van der Waals surface area contributed by atoms with Crippen molar-refractivity contribution in [2.75, 3.05) is 32.8 Å². The fourth-order valence-corrected chi connectivity index (χ4v) is 1.40. The lowest BCUT2D eigenvalue weighted by molar-refractivity contribution is -0.174. The van der Waals surface area contributed by atoms with E-state index < -0.39 is 12.8 Å². The summed E-state index contributed by atoms with van der Waals surface area (Å²) in [6.45, 7) is 0.592. The first-order valence-corrected chi connectivity index (χ1v) is 4.52. The summed E-state index contributed by atoms with van der Waals surface area (Å²) < 4.78 is 39.4. The van der Waals surface area contributed by atoms with Gasteiger partial charge < -0.3 is 9.84 Å². The molecule has 0 amide bonds. The Morgan fingerprint density at radius 2 is 2.14 bits per heavy atom. The topological polar surface area (TPSA) is 32.7 Å². The lowest BCUT2D eigenvalue weighted by Gasteiger charge is -2.15. The van der Waals surface area contributed by atoms with Crippen molar-refractivity contribution in [1.82, 2.24) is 4.90 Å². The van der Waals surface area contributed by atoms with Crippen molar-refractivity contribution in [2.24, 2.45) is 0 Å². The highest BCUT2D eigenvalue weighted by Gasteiger charge is 2.27. The van der Waals surface area contributed by atoms with E-state index in [0.29, 0.717) is 19.5 Å². The number of halogens is 3. The highest BCUT2D eigenvalue weighted by Crippen LogP contribution is 2.14. The first-order valence-electron chi connectivity index (χ1n) is 4.52. The Balaban J connectivity index is 1.99. The molecule has 1 N–H and O–H groups in total. The predicted molar refractivity (Wildman–Crippen MR) is 43.9 cm³/mol. The Bertz CT molecular complexity index is 174. The van der Waals surface area contributed by atoms with Crippen molar-refractivity contribution in [3.8, 4) is 0 Å². The molecule has 0 radical (unpaired) electrons. The minimum Gasteiger partial charge on any atom is -0.392 e. The second kappa shape index (κ2) is 4.95. The molecule has 0 saturated carbocycles. The van der Waals surface area contributed by atoms with Crippen LogP contribution in [0, 0.1) is 0 Å². The summed E-state index contributed by atoms with van der Waals surface area (Å²) in [7, 11) is 0. The van der Waals surface area contributed by atoms with Crippen LogP contribution in [0.3, 0.4) is 0 Å². The number of aliphatic hydroxyl groups is 1. The van der Waals surface area contributed by atoms with Gasteiger partial charge in [-0.1, -0.05) is 0 Å². The Morgan fingerprint density at radius 1 is 1.43 bits per heavy atom. The molecule has 0 unspecified atom stereocenters. The fraction of sp³-hybridized carbons (Fsp3) is 1.00. The molecule has 3 nitrogen and oxygen atoms in total. The van der Waals surface area contributed by atoms with Gasteiger partial charge in [0.05, 0.1) is 12.7 Å². The van der Waals surface area contributed by atoms with Gasteiger partial charge >= 0.3 is 6.18 Å². The number of hydrogen-bond acceptors (Lipinski definition) is 3. The number of aliphatic hydroxyl groups excluding tert-OH is 1. The van der Waals surface area contributed by atoms with Gasteiger partial charge in [-0.2, -0.15) is 13.2 Å². The Kier molecular flexibility index (Phi) is 4.15. The van der Waals surface area contributed by atoms with E-state index in [1.807, 2.05) is 4.90 Å². The van der Waals surface area contributed by atoms with Crippen LogP contribution in [0.15, 0.2) is 0 Å². The molecule has 6 heteroatoms. The van der Waals surface area contributed by atoms with Crippen molar-refractivity contribution < 1.29 is 23.0 Å². The van der Waals surface area contributed by atoms with Crippen LogP contribution in [-0.4, -0.2) is 55.1 Å². The van der Waals surface area contributed by atoms with Crippen LogP contribution in [0.25, 0.3) is 0 Å². The number of likely N-dealkylation sites (tertiary alicyclic amines) is 1. The summed E-state index contributed by atoms with van der Waals surface area (Å²) in [5, 5.41) is 9.12. The normalized spacial score (nSPS) is 24.4. The quantitative estimate of drug-likeness (QED) is 0.695. The van der Waals surface area contributed by atoms with Gasteiger partial charge in [0.25, 0.3) is 0 Å². The summed E-state index contributed by atoms with van der Waals surface area (Å²) in [4.78, 5) is 1.89. The Morgan fingerprint density at radius 3 is 2.64 bits per heavy atom. The number of ether oxygens (including phenoxy) is 1. The van der Waals surface area contributed by atoms with E-state index in [1.54, 1.807) is 0 Å². The Labute approximate surface area is 80.5 Å². The van der Waals surface area contributed by atoms with Crippen molar-refractivity contribution in [1.29, 1.82) is 0 Å². The van der Waals surface area contributed by atoms with E-state index in [4.69, 9.17) is 5.11 Å². The molecular formula is C8H14F3NO2. The van der Waals surface area contributed by atoms with Gasteiger partial charge in [0.15, 0.2) is 0 Å². The fourth-order valence-electron chi connectivity index (χ4n) is 1.40. The highest BCUT2D eigenvalue weighted by atomic mass is 19.4. The lowest BCUT2D eigenvalue weighted by Crippen LogP contribution is -2.28. The SMILES string of the molecule is O[C@@H]1CCN(CCOCC(F)(F)F)C1. The largest absolute Gasteiger partial charge is 0.411 e. The molecule has 84 valence electrons. The van der Waals surface area contributed by atoms with E-state index in [0.717, 1.165) is 6.54 Å². The average molecular weight is 213 g/mol. The number of rotatable bonds is 4. The summed E-state index contributed by atoms with van der Waals surface area (Å²) in [5.41, 5.74) is 0. The third-order valence-electron chi connectivity index (χ3n) is 2.07. The predicted octanol–water partition coefficient (Wildman–Crippen LogP) is 0.632. The standard InChI is InChI=1S/C8H14F3NO2/c9-8(10,11)6-14-4-3-12-2-1-7(13)5-12/h7,13H,1-6H2/t7-/m1/s1. The van der Waals surface area contributed by atoms with Gasteiger partial charge in [-0.25, -0.2) is 0 Å². The first kappa shape index (κ1) is 11.7. The van der Waals surface area contributed by atoms with Crippen LogP contribution in [0.4, 0.5) is 13.2 Å². The molecule has 0 aromatic heterocycles. The first-order chi connectivity index (χ1) is 6.47. The van der Waals surface area contributed by atoms with Crippen molar-refractivity contribution in [3.05, 3.63) is 0 Å². The molecule has 0 bridgehead atoms. The minimum atomic E-state index is -4.25. The molecule has 0 aromatic carbocycles. The summed E-state index contributed by atoms with van der Waals surface area (Å²) >= 11 is 0. The second-order valence-electron chi connectivity index (χ2n) is 3.41. The number of β-amino-alcohol motifs (C(OH)–C–C–N with tert-alkyl or cyclic N) is 1. The van der Waals surface area contributed by atoms with Gasteiger partial charge in [0, 0.05) is 19.6 Å². The maximum atomic E-state index is 11.6. The summed E-state index contributed by atoms with van der Waals surface area (Å²) in [6.07, 6.45) is -3.89. The number of alkyl halides is 3. The van der Waals surface area contributed by atoms with Crippen LogP contribution in [0.2, 0.25) is 0 Å². The monoisotopic (exact) mass is 213 g/mol. The molecule has 0 aromatic rings. The zero-order chi connectivity index (χ0) is 10.6. The third kappa shape index (κ3) is 4.78. The van der Waals surface area contributed by atoms with Crippen molar-refractivity contribution in [2.45, 2.75) is 18.7 Å². The van der Waals surface area contributed by atoms with E-state index in [9.17, 15) is 13.2 Å². The van der Waals surface area contributed by atoms with Gasteiger partial charge in [-0.3, -0.25) is 4.90 Å². The molecule has 0 aliphatic carbocycles. The minimum absolute atomic E-state index is 0.0617. The van der Waals surface area contributed by atoms with Crippen LogP contribution in [0.1, 0.15) is 6.42 Å². The van der Waals surface area contributed by atoms with Gasteiger partial charge in [-0.15, -0.1) is 0 Å². The third-order valence-corrected chi connectivity index (χ3v) is 2.07. The van der Waals surface area contributed by atoms with Crippen molar-refractivity contribution in [3.63, 3.8) is 0 Å². The van der Waals surface area contributed by atoms with Gasteiger partial charge in [-0.05, 0) is 6.42 Å². The maximum Gasteiger partial charge on any atom is 0.411 e. The molecule has 0 spiro atoms. The smallest absolute Gasteiger partial charge is 0.392 e. The van der Waals surface area contributed by atoms with Crippen LogP contribution in [0.5, 0.6) is 0 Å². The van der Waals surface area contributed by atoms with E-state index in [1.165, 1.54) is 0 Å². The summed E-state index contributed by atoms with van der Waals surface area (Å²) in [5.74, 6) is 0. The Hall–Kier alpha value is -0.330. The highest BCUT2D eigenvalue weighted by molar-refractivity contribution is 4.73. The second-order valence-corrected chi connectivity index (χ2v) is 3.41. The van der Waals surface area contributed by atoms with E-state index >= 15 is 0 Å². The molecule has 1 atom stereocenters. The van der Waals surface area contributed by atoms with Crippen LogP contribution < -0.4 is 0 Å². The van der Waals surface area contributed by atoms with Crippen molar-refractivity contribution >= 4 is 0 Å². The molecular weight excluding hydrogens is 199 g/mol. The maximum absolute atomic E-state index is 11.6. The molecule has 1 aliphatic rings. The van der Waals surface area contributed by atoms with Crippen LogP contribution >= 0.6 is 0 Å². The average Bonchev–Trinajstić information content (AvgIpc) is 2.44. The number of nitrogens with zero attached hydrogens (tertiary/aromatic N) is 1. The number of hydrogen-bond donors (Lipinski definition) is 1. The van der Waals surface area contributed by atoms with Crippen LogP contribution in [-0.2, 0) is 4.74 Å². The lowest BCUT2D eigenvalue weighted by atomic mass is 10.3. The van der Waals surface area contributed by atoms with E-state index in [-0.39, 0.29) is 12.7 Å². The zero-order valence-electron chi connectivity index (χ0n) is 7.76. The van der Waals surface area contributed by atoms with Gasteiger partial charge in [0.1, 0.15) is 6.61 Å². The zero-order valence-corrected chi connectivity index (χ0v) is 7.76.